The lowest BCUT2D eigenvalue weighted by molar-refractivity contribution is -0.141. The van der Waals surface area contributed by atoms with Gasteiger partial charge in [0.1, 0.15) is 12.2 Å². The summed E-state index contributed by atoms with van der Waals surface area (Å²) in [5.74, 6) is 1.24. The third kappa shape index (κ3) is 7.48. The van der Waals surface area contributed by atoms with Crippen molar-refractivity contribution in [2.75, 3.05) is 58.6 Å². The number of halogens is 1. The second-order valence-electron chi connectivity index (χ2n) is 11.7. The van der Waals surface area contributed by atoms with E-state index in [4.69, 9.17) is 30.5 Å². The molecular weight excluding hydrogens is 598 g/mol. The van der Waals surface area contributed by atoms with Gasteiger partial charge in [-0.3, -0.25) is 9.69 Å². The highest BCUT2D eigenvalue weighted by molar-refractivity contribution is 6.35. The van der Waals surface area contributed by atoms with Crippen molar-refractivity contribution in [1.29, 1.82) is 0 Å². The number of urea groups is 1. The highest BCUT2D eigenvalue weighted by atomic mass is 35.5. The predicted molar refractivity (Wildman–Crippen MR) is 173 cm³/mol. The highest BCUT2D eigenvalue weighted by Crippen LogP contribution is 2.35. The van der Waals surface area contributed by atoms with Crippen LogP contribution in [0.4, 0.5) is 10.5 Å². The van der Waals surface area contributed by atoms with E-state index in [-0.39, 0.29) is 30.6 Å². The summed E-state index contributed by atoms with van der Waals surface area (Å²) in [5, 5.41) is 1.24. The van der Waals surface area contributed by atoms with Gasteiger partial charge in [0, 0.05) is 68.9 Å². The fourth-order valence-electron chi connectivity index (χ4n) is 6.00. The van der Waals surface area contributed by atoms with Crippen molar-refractivity contribution in [1.82, 2.24) is 19.4 Å². The number of fused-ring (bicyclic) bond motifs is 1. The van der Waals surface area contributed by atoms with Gasteiger partial charge in [-0.2, -0.15) is 0 Å². The minimum Gasteiger partial charge on any atom is -0.493 e. The van der Waals surface area contributed by atoms with E-state index in [0.717, 1.165) is 42.3 Å². The first-order valence-corrected chi connectivity index (χ1v) is 16.1. The highest BCUT2D eigenvalue weighted by Gasteiger charge is 2.33. The maximum atomic E-state index is 14.0. The molecule has 2 atom stereocenters. The fourth-order valence-corrected chi connectivity index (χ4v) is 6.32. The molecule has 0 radical (unpaired) electrons. The monoisotopic (exact) mass is 641 g/mol. The van der Waals surface area contributed by atoms with Gasteiger partial charge in [0.15, 0.2) is 11.5 Å². The Morgan fingerprint density at radius 2 is 2.00 bits per heavy atom. The number of hydrogen-bond acceptors (Lipinski definition) is 7. The summed E-state index contributed by atoms with van der Waals surface area (Å²) in [5.41, 5.74) is 2.25. The van der Waals surface area contributed by atoms with Crippen molar-refractivity contribution in [2.24, 2.45) is 0 Å². The first kappa shape index (κ1) is 32.8. The van der Waals surface area contributed by atoms with Crippen molar-refractivity contribution in [3.8, 4) is 11.5 Å². The SMILES string of the molecule is CCCCCOc1cc(N2CC[C@H](C)N(Cc3ccnc4c3c(Cl)cn4CC(=O)N3CCO[C@H](COC)C3)C2=O)ccc1OC. The molecule has 1 aromatic carbocycles. The molecule has 0 saturated carbocycles. The van der Waals surface area contributed by atoms with E-state index in [2.05, 4.69) is 18.8 Å². The molecule has 2 fully saturated rings. The van der Waals surface area contributed by atoms with Gasteiger partial charge < -0.3 is 33.3 Å². The smallest absolute Gasteiger partial charge is 0.325 e. The number of amides is 3. The summed E-state index contributed by atoms with van der Waals surface area (Å²) < 4.78 is 24.3. The van der Waals surface area contributed by atoms with Crippen LogP contribution in [0.25, 0.3) is 11.0 Å². The lowest BCUT2D eigenvalue weighted by Gasteiger charge is -2.40. The van der Waals surface area contributed by atoms with Gasteiger partial charge in [-0.05, 0) is 43.5 Å². The number of hydrogen-bond donors (Lipinski definition) is 0. The van der Waals surface area contributed by atoms with Crippen molar-refractivity contribution >= 4 is 40.3 Å². The Kier molecular flexibility index (Phi) is 11.1. The molecule has 244 valence electrons. The number of unbranched alkanes of at least 4 members (excludes halogenated alkanes) is 2. The minimum atomic E-state index is -0.145. The number of carbonyl (C=O) groups excluding carboxylic acids is 2. The summed E-state index contributed by atoms with van der Waals surface area (Å²) >= 11 is 6.78. The molecule has 0 unspecified atom stereocenters. The summed E-state index contributed by atoms with van der Waals surface area (Å²) in [6, 6.07) is 7.46. The maximum Gasteiger partial charge on any atom is 0.325 e. The van der Waals surface area contributed by atoms with E-state index in [9.17, 15) is 9.59 Å². The number of aromatic nitrogens is 2. The third-order valence-corrected chi connectivity index (χ3v) is 8.82. The number of rotatable bonds is 13. The average molecular weight is 642 g/mol. The third-order valence-electron chi connectivity index (χ3n) is 8.53. The number of methoxy groups -OCH3 is 2. The zero-order chi connectivity index (χ0) is 31.9. The van der Waals surface area contributed by atoms with Gasteiger partial charge in [0.25, 0.3) is 0 Å². The summed E-state index contributed by atoms with van der Waals surface area (Å²) in [6.07, 6.45) is 7.27. The van der Waals surface area contributed by atoms with E-state index >= 15 is 0 Å². The van der Waals surface area contributed by atoms with Crippen molar-refractivity contribution < 1.29 is 28.5 Å². The van der Waals surface area contributed by atoms with Crippen LogP contribution in [-0.2, 0) is 27.4 Å². The molecule has 0 bridgehead atoms. The summed E-state index contributed by atoms with van der Waals surface area (Å²) in [4.78, 5) is 37.3. The topological polar surface area (TPSA) is 98.6 Å². The number of pyridine rings is 1. The molecule has 3 aromatic rings. The van der Waals surface area contributed by atoms with Gasteiger partial charge in [-0.25, -0.2) is 9.78 Å². The largest absolute Gasteiger partial charge is 0.493 e. The number of nitrogens with zero attached hydrogens (tertiary/aromatic N) is 5. The second kappa shape index (κ2) is 15.2. The van der Waals surface area contributed by atoms with E-state index in [1.807, 2.05) is 29.2 Å². The normalized spacial score (nSPS) is 19.0. The zero-order valence-corrected chi connectivity index (χ0v) is 27.4. The van der Waals surface area contributed by atoms with Crippen LogP contribution in [0.2, 0.25) is 5.02 Å². The van der Waals surface area contributed by atoms with Crippen LogP contribution in [0, 0.1) is 0 Å². The molecule has 12 heteroatoms. The molecule has 3 amide bonds. The molecular formula is C33H44ClN5O6. The van der Waals surface area contributed by atoms with E-state index in [1.54, 1.807) is 41.0 Å². The lowest BCUT2D eigenvalue weighted by Crippen LogP contribution is -2.53. The van der Waals surface area contributed by atoms with E-state index in [0.29, 0.717) is 68.2 Å². The standard InChI is InChI=1S/C33H44ClN5O6/c1-5-6-7-15-45-29-17-25(8-9-28(29)43-4)38-13-11-23(2)39(33(38)41)18-24-10-12-35-32-31(24)27(34)20-37(32)21-30(40)36-14-16-44-26(19-36)22-42-3/h8-10,12,17,20,23,26H,5-7,11,13-16,18-19,21-22H2,1-4H3/t23-,26-/m0/s1. The Morgan fingerprint density at radius 1 is 1.16 bits per heavy atom. The maximum absolute atomic E-state index is 14.0. The number of benzene rings is 1. The molecule has 0 N–H and O–H groups in total. The van der Waals surface area contributed by atoms with Crippen LogP contribution in [0.1, 0.15) is 45.1 Å². The van der Waals surface area contributed by atoms with E-state index < -0.39 is 0 Å². The summed E-state index contributed by atoms with van der Waals surface area (Å²) in [6.45, 7) is 7.77. The van der Waals surface area contributed by atoms with Crippen LogP contribution in [0.15, 0.2) is 36.7 Å². The Morgan fingerprint density at radius 3 is 2.78 bits per heavy atom. The Labute approximate surface area is 269 Å². The quantitative estimate of drug-likeness (QED) is 0.232. The van der Waals surface area contributed by atoms with Gasteiger partial charge in [-0.15, -0.1) is 0 Å². The molecule has 2 aromatic heterocycles. The summed E-state index contributed by atoms with van der Waals surface area (Å²) in [7, 11) is 3.24. The lowest BCUT2D eigenvalue weighted by atomic mass is 10.1. The molecule has 11 nitrogen and oxygen atoms in total. The average Bonchev–Trinajstić information content (AvgIpc) is 3.36. The molecule has 0 spiro atoms. The number of carbonyl (C=O) groups is 2. The van der Waals surface area contributed by atoms with Gasteiger partial charge >= 0.3 is 6.03 Å². The van der Waals surface area contributed by atoms with Crippen molar-refractivity contribution in [3.63, 3.8) is 0 Å². The Balaban J connectivity index is 1.33. The van der Waals surface area contributed by atoms with Crippen LogP contribution >= 0.6 is 11.6 Å². The van der Waals surface area contributed by atoms with Crippen LogP contribution in [0.5, 0.6) is 11.5 Å². The van der Waals surface area contributed by atoms with E-state index in [1.165, 1.54) is 0 Å². The number of anilines is 1. The molecule has 5 rings (SSSR count). The fraction of sp³-hybridized carbons (Fsp3) is 0.545. The molecule has 2 aliphatic rings. The Bertz CT molecular complexity index is 1480. The molecule has 0 aliphatic carbocycles. The molecule has 4 heterocycles. The Hall–Kier alpha value is -3.54. The number of ether oxygens (including phenoxy) is 4. The van der Waals surface area contributed by atoms with Crippen LogP contribution in [0.3, 0.4) is 0 Å². The second-order valence-corrected chi connectivity index (χ2v) is 12.1. The molecule has 2 aliphatic heterocycles. The number of morpholine rings is 1. The molecule has 2 saturated heterocycles. The van der Waals surface area contributed by atoms with Crippen LogP contribution < -0.4 is 14.4 Å². The molecule has 45 heavy (non-hydrogen) atoms. The van der Waals surface area contributed by atoms with Crippen LogP contribution in [-0.4, -0.2) is 97.1 Å². The zero-order valence-electron chi connectivity index (χ0n) is 26.7. The predicted octanol–water partition coefficient (Wildman–Crippen LogP) is 5.36. The first-order valence-electron chi connectivity index (χ1n) is 15.7. The van der Waals surface area contributed by atoms with Crippen molar-refractivity contribution in [3.05, 3.63) is 47.2 Å². The van der Waals surface area contributed by atoms with Gasteiger partial charge in [-0.1, -0.05) is 31.4 Å². The van der Waals surface area contributed by atoms with Gasteiger partial charge in [0.2, 0.25) is 5.91 Å². The van der Waals surface area contributed by atoms with Crippen molar-refractivity contribution in [2.45, 2.75) is 64.8 Å². The first-order chi connectivity index (χ1) is 21.8. The minimum absolute atomic E-state index is 0.0174. The van der Waals surface area contributed by atoms with Gasteiger partial charge in [0.05, 0.1) is 38.1 Å².